The van der Waals surface area contributed by atoms with Gasteiger partial charge in [0.05, 0.1) is 23.6 Å². The maximum atomic E-state index is 13.6. The van der Waals surface area contributed by atoms with E-state index in [-0.39, 0.29) is 23.2 Å². The number of carbonyl (C=O) groups excluding carboxylic acids is 1. The Morgan fingerprint density at radius 2 is 2.00 bits per heavy atom. The average molecular weight is 462 g/mol. The van der Waals surface area contributed by atoms with E-state index in [1.54, 1.807) is 18.5 Å². The van der Waals surface area contributed by atoms with Gasteiger partial charge >= 0.3 is 6.18 Å². The van der Waals surface area contributed by atoms with Gasteiger partial charge in [-0.2, -0.15) is 18.4 Å². The fourth-order valence-electron chi connectivity index (χ4n) is 5.03. The molecule has 34 heavy (non-hydrogen) atoms. The number of nitriles is 1. The van der Waals surface area contributed by atoms with Crippen molar-refractivity contribution in [1.82, 2.24) is 14.8 Å². The van der Waals surface area contributed by atoms with Crippen molar-refractivity contribution in [2.45, 2.75) is 31.0 Å². The lowest BCUT2D eigenvalue weighted by Crippen LogP contribution is -2.40. The number of halogens is 3. The van der Waals surface area contributed by atoms with Crippen LogP contribution >= 0.6 is 0 Å². The third-order valence-corrected chi connectivity index (χ3v) is 6.58. The summed E-state index contributed by atoms with van der Waals surface area (Å²) in [5.74, 6) is 0.228. The summed E-state index contributed by atoms with van der Waals surface area (Å²) in [5, 5.41) is 17.3. The van der Waals surface area contributed by atoms with Crippen LogP contribution < -0.4 is 4.90 Å². The van der Waals surface area contributed by atoms with Gasteiger partial charge in [0.15, 0.2) is 0 Å². The standard InChI is InChI=1S/C25H19F3N5O/c1-15-8-19-20(21(9-15)25(26,27)28)13-33(22(19)34)18-5-3-4-17(10-18)24(11-16(12-24)6-7-29)23-31-30-14-32(23)2/h3-6,8-10,14H,1,11-13H2,2H3. The molecule has 3 aromatic rings. The minimum Gasteiger partial charge on any atom is -0.320 e. The predicted molar refractivity (Wildman–Crippen MR) is 118 cm³/mol. The van der Waals surface area contributed by atoms with E-state index >= 15 is 0 Å². The molecule has 2 heterocycles. The van der Waals surface area contributed by atoms with Gasteiger partial charge < -0.3 is 9.47 Å². The minimum absolute atomic E-state index is 0.0242. The summed E-state index contributed by atoms with van der Waals surface area (Å²) in [5.41, 5.74) is 1.07. The molecule has 0 spiro atoms. The summed E-state index contributed by atoms with van der Waals surface area (Å²) in [6.07, 6.45) is -0.334. The van der Waals surface area contributed by atoms with E-state index in [2.05, 4.69) is 23.2 Å². The molecule has 2 aliphatic rings. The van der Waals surface area contributed by atoms with Gasteiger partial charge in [-0.1, -0.05) is 17.7 Å². The number of anilines is 1. The van der Waals surface area contributed by atoms with Crippen LogP contribution in [0.5, 0.6) is 0 Å². The number of alkyl halides is 3. The molecule has 1 saturated carbocycles. The summed E-state index contributed by atoms with van der Waals surface area (Å²) in [7, 11) is 1.84. The van der Waals surface area contributed by atoms with Crippen LogP contribution in [0, 0.1) is 18.3 Å². The number of benzene rings is 2. The van der Waals surface area contributed by atoms with Crippen molar-refractivity contribution in [3.63, 3.8) is 0 Å². The van der Waals surface area contributed by atoms with Crippen molar-refractivity contribution >= 4 is 11.6 Å². The maximum absolute atomic E-state index is 13.6. The first-order valence-corrected chi connectivity index (χ1v) is 10.5. The molecular formula is C25H19F3N5O. The molecule has 1 aromatic heterocycles. The van der Waals surface area contributed by atoms with Gasteiger partial charge in [0.1, 0.15) is 12.2 Å². The summed E-state index contributed by atoms with van der Waals surface area (Å²) in [4.78, 5) is 14.5. The van der Waals surface area contributed by atoms with Gasteiger partial charge in [0.25, 0.3) is 5.91 Å². The highest BCUT2D eigenvalue weighted by molar-refractivity contribution is 6.10. The summed E-state index contributed by atoms with van der Waals surface area (Å²) in [6.45, 7) is 3.44. The molecule has 171 valence electrons. The van der Waals surface area contributed by atoms with E-state index in [0.29, 0.717) is 18.5 Å². The first-order chi connectivity index (χ1) is 16.1. The minimum atomic E-state index is -4.58. The van der Waals surface area contributed by atoms with Gasteiger partial charge in [0, 0.05) is 24.4 Å². The first-order valence-electron chi connectivity index (χ1n) is 10.5. The van der Waals surface area contributed by atoms with Gasteiger partial charge in [0.2, 0.25) is 0 Å². The SMILES string of the molecule is [CH2]c1cc2c(c(C(F)(F)F)c1)CN(c1cccc(C3(c4nncn4C)CC(=CC#N)C3)c1)C2=O. The Morgan fingerprint density at radius 1 is 1.24 bits per heavy atom. The lowest BCUT2D eigenvalue weighted by Gasteiger charge is -2.43. The van der Waals surface area contributed by atoms with Gasteiger partial charge in [-0.3, -0.25) is 4.79 Å². The largest absolute Gasteiger partial charge is 0.416 e. The molecule has 0 bridgehead atoms. The summed E-state index contributed by atoms with van der Waals surface area (Å²) in [6, 6.07) is 11.7. The molecule has 6 nitrogen and oxygen atoms in total. The topological polar surface area (TPSA) is 74.8 Å². The Morgan fingerprint density at radius 3 is 2.65 bits per heavy atom. The van der Waals surface area contributed by atoms with Crippen molar-refractivity contribution in [2.75, 3.05) is 4.90 Å². The molecule has 1 aliphatic carbocycles. The monoisotopic (exact) mass is 462 g/mol. The van der Waals surface area contributed by atoms with Crippen molar-refractivity contribution < 1.29 is 18.0 Å². The van der Waals surface area contributed by atoms with Crippen molar-refractivity contribution in [3.05, 3.63) is 94.9 Å². The van der Waals surface area contributed by atoms with Crippen LogP contribution in [0.25, 0.3) is 0 Å². The van der Waals surface area contributed by atoms with Crippen molar-refractivity contribution in [2.24, 2.45) is 7.05 Å². The molecule has 5 rings (SSSR count). The fraction of sp³-hybridized carbons (Fsp3) is 0.240. The van der Waals surface area contributed by atoms with E-state index in [1.165, 1.54) is 17.0 Å². The molecular weight excluding hydrogens is 443 g/mol. The van der Waals surface area contributed by atoms with Gasteiger partial charge in [-0.25, -0.2) is 0 Å². The Balaban J connectivity index is 1.56. The molecule has 0 N–H and O–H groups in total. The number of aryl methyl sites for hydroxylation is 1. The molecule has 2 aromatic carbocycles. The Bertz CT molecular complexity index is 1390. The molecule has 0 unspecified atom stereocenters. The summed E-state index contributed by atoms with van der Waals surface area (Å²) < 4.78 is 42.8. The third-order valence-electron chi connectivity index (χ3n) is 6.58. The predicted octanol–water partition coefficient (Wildman–Crippen LogP) is 4.71. The quantitative estimate of drug-likeness (QED) is 0.529. The number of carbonyl (C=O) groups is 1. The average Bonchev–Trinajstić information content (AvgIpc) is 3.33. The Kier molecular flexibility index (Phi) is 4.86. The zero-order chi connectivity index (χ0) is 24.3. The zero-order valence-corrected chi connectivity index (χ0v) is 18.2. The number of aromatic nitrogens is 3. The van der Waals surface area contributed by atoms with Crippen molar-refractivity contribution in [1.29, 1.82) is 5.26 Å². The van der Waals surface area contributed by atoms with Gasteiger partial charge in [-0.15, -0.1) is 10.2 Å². The fourth-order valence-corrected chi connectivity index (χ4v) is 5.03. The normalized spacial score (nSPS) is 19.6. The second kappa shape index (κ2) is 7.55. The van der Waals surface area contributed by atoms with Crippen molar-refractivity contribution in [3.8, 4) is 6.07 Å². The highest BCUT2D eigenvalue weighted by Gasteiger charge is 2.47. The second-order valence-corrected chi connectivity index (χ2v) is 8.74. The highest BCUT2D eigenvalue weighted by Crippen LogP contribution is 2.52. The number of allylic oxidation sites excluding steroid dienone is 2. The summed E-state index contributed by atoms with van der Waals surface area (Å²) >= 11 is 0. The Labute approximate surface area is 193 Å². The number of amides is 1. The highest BCUT2D eigenvalue weighted by atomic mass is 19.4. The van der Waals surface area contributed by atoms with Crippen LogP contribution in [0.1, 0.15) is 51.3 Å². The van der Waals surface area contributed by atoms with Crippen LogP contribution in [0.3, 0.4) is 0 Å². The molecule has 1 amide bonds. The zero-order valence-electron chi connectivity index (χ0n) is 18.2. The molecule has 1 radical (unpaired) electrons. The van der Waals surface area contributed by atoms with Gasteiger partial charge in [-0.05, 0) is 60.7 Å². The van der Waals surface area contributed by atoms with Crippen LogP contribution in [0.4, 0.5) is 18.9 Å². The molecule has 9 heteroatoms. The molecule has 1 fully saturated rings. The van der Waals surface area contributed by atoms with Crippen LogP contribution in [-0.4, -0.2) is 20.7 Å². The van der Waals surface area contributed by atoms with Crippen LogP contribution in [0.15, 0.2) is 54.4 Å². The van der Waals surface area contributed by atoms with Crippen LogP contribution in [-0.2, 0) is 25.2 Å². The van der Waals surface area contributed by atoms with E-state index in [9.17, 15) is 18.0 Å². The number of fused-ring (bicyclic) bond motifs is 1. The third kappa shape index (κ3) is 3.29. The molecule has 1 aliphatic heterocycles. The smallest absolute Gasteiger partial charge is 0.320 e. The van der Waals surface area contributed by atoms with E-state index in [1.807, 2.05) is 23.7 Å². The molecule has 0 saturated heterocycles. The number of rotatable bonds is 3. The lowest BCUT2D eigenvalue weighted by molar-refractivity contribution is -0.138. The van der Waals surface area contributed by atoms with Crippen LogP contribution in [0.2, 0.25) is 0 Å². The second-order valence-electron chi connectivity index (χ2n) is 8.74. The maximum Gasteiger partial charge on any atom is 0.416 e. The number of hydrogen-bond donors (Lipinski definition) is 0. The first kappa shape index (κ1) is 21.9. The lowest BCUT2D eigenvalue weighted by atomic mass is 9.61. The molecule has 0 atom stereocenters. The van der Waals surface area contributed by atoms with E-state index in [4.69, 9.17) is 5.26 Å². The van der Waals surface area contributed by atoms with E-state index < -0.39 is 23.1 Å². The number of nitrogens with zero attached hydrogens (tertiary/aromatic N) is 5. The Hall–Kier alpha value is -3.93. The van der Waals surface area contributed by atoms with E-state index in [0.717, 1.165) is 23.0 Å². The number of hydrogen-bond acceptors (Lipinski definition) is 4.